The number of hydrogen-bond donors (Lipinski definition) is 3. The molecule has 1 aliphatic rings. The van der Waals surface area contributed by atoms with Gasteiger partial charge in [-0.1, -0.05) is 29.5 Å². The maximum Gasteiger partial charge on any atom is 0.151 e. The molecule has 0 spiro atoms. The number of benzene rings is 1. The molecule has 1 aromatic carbocycles. The smallest absolute Gasteiger partial charge is 0.151 e. The van der Waals surface area contributed by atoms with E-state index in [9.17, 15) is 0 Å². The Morgan fingerprint density at radius 3 is 2.95 bits per heavy atom. The molecule has 2 rings (SSSR count). The van der Waals surface area contributed by atoms with Gasteiger partial charge in [0.05, 0.1) is 12.8 Å². The van der Waals surface area contributed by atoms with Crippen molar-refractivity contribution in [3.8, 4) is 0 Å². The first-order chi connectivity index (χ1) is 9.70. The molecule has 1 aliphatic carbocycles. The van der Waals surface area contributed by atoms with Gasteiger partial charge in [-0.05, 0) is 49.0 Å². The highest BCUT2D eigenvalue weighted by molar-refractivity contribution is 8.13. The van der Waals surface area contributed by atoms with Gasteiger partial charge in [-0.2, -0.15) is 0 Å². The van der Waals surface area contributed by atoms with Gasteiger partial charge in [-0.15, -0.1) is 0 Å². The number of thioether (sulfide) groups is 1. The number of rotatable bonds is 5. The van der Waals surface area contributed by atoms with E-state index in [1.165, 1.54) is 41.3 Å². The van der Waals surface area contributed by atoms with Crippen molar-refractivity contribution in [1.29, 1.82) is 5.41 Å². The van der Waals surface area contributed by atoms with Crippen molar-refractivity contribution in [2.45, 2.75) is 25.7 Å². The third-order valence-electron chi connectivity index (χ3n) is 3.41. The summed E-state index contributed by atoms with van der Waals surface area (Å²) in [5.41, 5.74) is 13.4. The molecule has 0 radical (unpaired) electrons. The molecule has 5 heteroatoms. The molecule has 1 aromatic rings. The first-order valence-electron chi connectivity index (χ1n) is 6.78. The summed E-state index contributed by atoms with van der Waals surface area (Å²) in [6, 6.07) is 8.27. The predicted molar refractivity (Wildman–Crippen MR) is 86.8 cm³/mol. The topological polar surface area (TPSA) is 71.1 Å². The van der Waals surface area contributed by atoms with Gasteiger partial charge in [-0.3, -0.25) is 15.7 Å². The minimum atomic E-state index is 0.192. The number of nitrogens with one attached hydrogen (secondary N) is 2. The summed E-state index contributed by atoms with van der Waals surface area (Å²) in [6.45, 7) is 0. The Morgan fingerprint density at radius 1 is 1.40 bits per heavy atom. The normalized spacial score (nSPS) is 15.2. The summed E-state index contributed by atoms with van der Waals surface area (Å²) in [5, 5.41) is 7.56. The maximum atomic E-state index is 7.36. The standard InChI is InChI=1S/C15H21N3OS/c1-19-18-13-7-4-6-11(9-13)14-8-3-2-5-12(14)10-20-15(16)17/h4,6-7,9,18H,2-3,5,8,10H2,1H3,(H3,16,17). The molecule has 0 unspecified atom stereocenters. The fraction of sp³-hybridized carbons (Fsp3) is 0.400. The van der Waals surface area contributed by atoms with Crippen LogP contribution < -0.4 is 11.2 Å². The monoisotopic (exact) mass is 291 g/mol. The molecule has 0 fully saturated rings. The largest absolute Gasteiger partial charge is 0.379 e. The predicted octanol–water partition coefficient (Wildman–Crippen LogP) is 3.61. The molecule has 0 atom stereocenters. The zero-order valence-electron chi connectivity index (χ0n) is 11.7. The highest BCUT2D eigenvalue weighted by Gasteiger charge is 2.15. The van der Waals surface area contributed by atoms with Gasteiger partial charge in [0.2, 0.25) is 0 Å². The summed E-state index contributed by atoms with van der Waals surface area (Å²) in [6.07, 6.45) is 4.67. The van der Waals surface area contributed by atoms with Gasteiger partial charge in [-0.25, -0.2) is 0 Å². The third-order valence-corrected chi connectivity index (χ3v) is 4.22. The van der Waals surface area contributed by atoms with Crippen molar-refractivity contribution in [2.75, 3.05) is 18.3 Å². The molecule has 0 saturated carbocycles. The lowest BCUT2D eigenvalue weighted by Crippen LogP contribution is -2.08. The van der Waals surface area contributed by atoms with Gasteiger partial charge in [0, 0.05) is 5.75 Å². The molecule has 4 nitrogen and oxygen atoms in total. The van der Waals surface area contributed by atoms with E-state index in [4.69, 9.17) is 16.0 Å². The first kappa shape index (κ1) is 14.9. The summed E-state index contributed by atoms with van der Waals surface area (Å²) in [5.74, 6) is 0.826. The average molecular weight is 291 g/mol. The summed E-state index contributed by atoms with van der Waals surface area (Å²) >= 11 is 1.41. The number of hydrogen-bond acceptors (Lipinski definition) is 4. The van der Waals surface area contributed by atoms with Crippen molar-refractivity contribution in [2.24, 2.45) is 5.73 Å². The van der Waals surface area contributed by atoms with Crippen LogP contribution in [0.5, 0.6) is 0 Å². The Kier molecular flexibility index (Phi) is 5.49. The van der Waals surface area contributed by atoms with E-state index in [0.29, 0.717) is 0 Å². The molecule has 0 aliphatic heterocycles. The lowest BCUT2D eigenvalue weighted by molar-refractivity contribution is 0.271. The van der Waals surface area contributed by atoms with E-state index in [1.54, 1.807) is 7.11 Å². The van der Waals surface area contributed by atoms with Crippen molar-refractivity contribution in [3.05, 3.63) is 35.4 Å². The van der Waals surface area contributed by atoms with Gasteiger partial charge in [0.15, 0.2) is 5.17 Å². The Hall–Kier alpha value is -1.46. The average Bonchev–Trinajstić information content (AvgIpc) is 2.46. The van der Waals surface area contributed by atoms with Crippen LogP contribution in [-0.4, -0.2) is 18.0 Å². The van der Waals surface area contributed by atoms with Crippen LogP contribution in [-0.2, 0) is 4.84 Å². The minimum absolute atomic E-state index is 0.192. The van der Waals surface area contributed by atoms with Crippen molar-refractivity contribution in [1.82, 2.24) is 0 Å². The maximum absolute atomic E-state index is 7.36. The van der Waals surface area contributed by atoms with Crippen molar-refractivity contribution < 1.29 is 4.84 Å². The Balaban J connectivity index is 2.25. The first-order valence-corrected chi connectivity index (χ1v) is 7.76. The fourth-order valence-corrected chi connectivity index (χ4v) is 3.18. The molecule has 0 bridgehead atoms. The second kappa shape index (κ2) is 7.36. The van der Waals surface area contributed by atoms with E-state index >= 15 is 0 Å². The van der Waals surface area contributed by atoms with Crippen LogP contribution in [0.3, 0.4) is 0 Å². The van der Waals surface area contributed by atoms with Gasteiger partial charge < -0.3 is 5.73 Å². The van der Waals surface area contributed by atoms with E-state index in [0.717, 1.165) is 24.3 Å². The van der Waals surface area contributed by atoms with Gasteiger partial charge in [0.25, 0.3) is 0 Å². The fourth-order valence-electron chi connectivity index (χ4n) is 2.53. The zero-order valence-corrected chi connectivity index (χ0v) is 12.6. The van der Waals surface area contributed by atoms with E-state index in [2.05, 4.69) is 17.6 Å². The molecule has 0 heterocycles. The molecular weight excluding hydrogens is 270 g/mol. The van der Waals surface area contributed by atoms with Crippen LogP contribution in [0.4, 0.5) is 5.69 Å². The Labute approximate surface area is 124 Å². The number of nitrogens with two attached hydrogens (primary N) is 1. The van der Waals surface area contributed by atoms with Gasteiger partial charge in [0.1, 0.15) is 0 Å². The second-order valence-electron chi connectivity index (χ2n) is 4.83. The lowest BCUT2D eigenvalue weighted by atomic mass is 9.88. The van der Waals surface area contributed by atoms with Crippen molar-refractivity contribution in [3.63, 3.8) is 0 Å². The van der Waals surface area contributed by atoms with Crippen molar-refractivity contribution >= 4 is 28.2 Å². The molecule has 20 heavy (non-hydrogen) atoms. The molecule has 0 amide bonds. The number of allylic oxidation sites excluding steroid dienone is 1. The lowest BCUT2D eigenvalue weighted by Gasteiger charge is -2.21. The zero-order chi connectivity index (χ0) is 14.4. The summed E-state index contributed by atoms with van der Waals surface area (Å²) in [4.78, 5) is 4.96. The van der Waals surface area contributed by atoms with Crippen LogP contribution in [0.1, 0.15) is 31.2 Å². The molecule has 108 valence electrons. The van der Waals surface area contributed by atoms with E-state index < -0.39 is 0 Å². The number of anilines is 1. The summed E-state index contributed by atoms with van der Waals surface area (Å²) in [7, 11) is 1.61. The Morgan fingerprint density at radius 2 is 2.20 bits per heavy atom. The highest BCUT2D eigenvalue weighted by Crippen LogP contribution is 2.34. The quantitative estimate of drug-likeness (QED) is 0.440. The number of amidine groups is 1. The third kappa shape index (κ3) is 4.02. The van der Waals surface area contributed by atoms with E-state index in [1.807, 2.05) is 12.1 Å². The molecular formula is C15H21N3OS. The van der Waals surface area contributed by atoms with Crippen LogP contribution in [0.15, 0.2) is 29.8 Å². The Bertz CT molecular complexity index is 514. The van der Waals surface area contributed by atoms with Crippen LogP contribution >= 0.6 is 11.8 Å². The van der Waals surface area contributed by atoms with Gasteiger partial charge >= 0.3 is 0 Å². The van der Waals surface area contributed by atoms with Crippen LogP contribution in [0.2, 0.25) is 0 Å². The SMILES string of the molecule is CONc1cccc(C2=C(CSC(=N)N)CCCC2)c1. The van der Waals surface area contributed by atoms with Crippen LogP contribution in [0, 0.1) is 5.41 Å². The molecule has 4 N–H and O–H groups in total. The van der Waals surface area contributed by atoms with Crippen LogP contribution in [0.25, 0.3) is 5.57 Å². The second-order valence-corrected chi connectivity index (χ2v) is 5.85. The molecule has 0 saturated heterocycles. The minimum Gasteiger partial charge on any atom is -0.379 e. The summed E-state index contributed by atoms with van der Waals surface area (Å²) < 4.78 is 0. The highest BCUT2D eigenvalue weighted by atomic mass is 32.2. The molecule has 0 aromatic heterocycles. The van der Waals surface area contributed by atoms with E-state index in [-0.39, 0.29) is 5.17 Å².